The maximum Gasteiger partial charge on any atom is 0.255 e. The van der Waals surface area contributed by atoms with E-state index in [1.165, 1.54) is 0 Å². The number of amides is 3. The fraction of sp³-hybridized carbons (Fsp3) is 0.550. The first-order valence-corrected chi connectivity index (χ1v) is 9.23. The molecular weight excluding hydrogens is 332 g/mol. The van der Waals surface area contributed by atoms with Gasteiger partial charge in [0.25, 0.3) is 5.91 Å². The third-order valence-electron chi connectivity index (χ3n) is 4.71. The molecule has 0 aromatic heterocycles. The number of phenolic OH excluding ortho intramolecular Hbond substituents is 1. The van der Waals surface area contributed by atoms with Gasteiger partial charge >= 0.3 is 0 Å². The summed E-state index contributed by atoms with van der Waals surface area (Å²) in [5.41, 5.74) is 0.889. The van der Waals surface area contributed by atoms with Crippen molar-refractivity contribution in [2.24, 2.45) is 11.8 Å². The smallest absolute Gasteiger partial charge is 0.255 e. The molecule has 1 aromatic carbocycles. The number of nitrogens with one attached hydrogen (secondary N) is 2. The van der Waals surface area contributed by atoms with E-state index in [4.69, 9.17) is 0 Å². The Balaban J connectivity index is 2.04. The van der Waals surface area contributed by atoms with Gasteiger partial charge in [0.05, 0.1) is 5.56 Å². The van der Waals surface area contributed by atoms with Crippen molar-refractivity contribution in [3.8, 4) is 5.75 Å². The minimum Gasteiger partial charge on any atom is -0.507 e. The molecule has 0 bridgehead atoms. The van der Waals surface area contributed by atoms with Crippen molar-refractivity contribution >= 4 is 17.7 Å². The van der Waals surface area contributed by atoms with Gasteiger partial charge in [0.2, 0.25) is 11.8 Å². The summed E-state index contributed by atoms with van der Waals surface area (Å²) in [4.78, 5) is 35.5. The van der Waals surface area contributed by atoms with Gasteiger partial charge < -0.3 is 10.4 Å². The molecule has 0 radical (unpaired) electrons. The first-order valence-electron chi connectivity index (χ1n) is 9.23. The van der Waals surface area contributed by atoms with Crippen LogP contribution in [0.1, 0.15) is 62.4 Å². The first kappa shape index (κ1) is 19.9. The second-order valence-corrected chi connectivity index (χ2v) is 7.57. The zero-order chi connectivity index (χ0) is 19.3. The fourth-order valence-corrected chi connectivity index (χ4v) is 3.10. The molecule has 1 saturated heterocycles. The molecule has 142 valence electrons. The van der Waals surface area contributed by atoms with Crippen LogP contribution in [0.3, 0.4) is 0 Å². The number of phenols is 1. The molecule has 6 nitrogen and oxygen atoms in total. The van der Waals surface area contributed by atoms with E-state index < -0.39 is 17.9 Å². The number of benzene rings is 1. The van der Waals surface area contributed by atoms with Crippen molar-refractivity contribution in [2.45, 2.75) is 58.9 Å². The number of imide groups is 1. The number of carbonyl (C=O) groups excluding carboxylic acids is 3. The highest BCUT2D eigenvalue weighted by molar-refractivity contribution is 6.04. The number of rotatable bonds is 7. The topological polar surface area (TPSA) is 95.5 Å². The Morgan fingerprint density at radius 2 is 2.00 bits per heavy atom. The molecule has 1 aromatic rings. The Morgan fingerprint density at radius 3 is 2.65 bits per heavy atom. The maximum absolute atomic E-state index is 12.5. The Hall–Kier alpha value is -2.37. The standard InChI is InChI=1S/C20H28N2O4/c1-12(2)7-8-13(3)11-14-5-4-6-15(18(14)24)19(25)21-16-9-10-17(23)22-20(16)26/h4-6,12-13,16,24H,7-11H2,1-3H3,(H,21,25)(H,22,23,26). The first-order chi connectivity index (χ1) is 12.3. The van der Waals surface area contributed by atoms with Gasteiger partial charge in [0.1, 0.15) is 11.8 Å². The number of piperidine rings is 1. The second kappa shape index (κ2) is 8.83. The van der Waals surface area contributed by atoms with Crippen LogP contribution in [-0.4, -0.2) is 28.9 Å². The van der Waals surface area contributed by atoms with Gasteiger partial charge in [-0.15, -0.1) is 0 Å². The Morgan fingerprint density at radius 1 is 1.27 bits per heavy atom. The van der Waals surface area contributed by atoms with Crippen molar-refractivity contribution in [2.75, 3.05) is 0 Å². The molecule has 1 fully saturated rings. The van der Waals surface area contributed by atoms with Crippen LogP contribution in [0.25, 0.3) is 0 Å². The van der Waals surface area contributed by atoms with Crippen LogP contribution in [0.2, 0.25) is 0 Å². The van der Waals surface area contributed by atoms with E-state index in [-0.39, 0.29) is 30.1 Å². The zero-order valence-corrected chi connectivity index (χ0v) is 15.7. The van der Waals surface area contributed by atoms with Gasteiger partial charge in [-0.05, 0) is 36.3 Å². The average Bonchev–Trinajstić information content (AvgIpc) is 2.57. The predicted molar refractivity (Wildman–Crippen MR) is 98.7 cm³/mol. The van der Waals surface area contributed by atoms with E-state index in [9.17, 15) is 19.5 Å². The van der Waals surface area contributed by atoms with Gasteiger partial charge in [0, 0.05) is 6.42 Å². The lowest BCUT2D eigenvalue weighted by atomic mass is 9.92. The second-order valence-electron chi connectivity index (χ2n) is 7.57. The van der Waals surface area contributed by atoms with Crippen LogP contribution < -0.4 is 10.6 Å². The highest BCUT2D eigenvalue weighted by Crippen LogP contribution is 2.27. The lowest BCUT2D eigenvalue weighted by molar-refractivity contribution is -0.134. The molecular formula is C20H28N2O4. The summed E-state index contributed by atoms with van der Waals surface area (Å²) in [5.74, 6) is -0.343. The third-order valence-corrected chi connectivity index (χ3v) is 4.71. The van der Waals surface area contributed by atoms with E-state index in [0.29, 0.717) is 18.3 Å². The van der Waals surface area contributed by atoms with Crippen LogP contribution in [0.5, 0.6) is 5.75 Å². The number of para-hydroxylation sites is 1. The van der Waals surface area contributed by atoms with Crippen molar-refractivity contribution in [1.82, 2.24) is 10.6 Å². The van der Waals surface area contributed by atoms with Crippen LogP contribution in [-0.2, 0) is 16.0 Å². The van der Waals surface area contributed by atoms with Crippen LogP contribution in [0, 0.1) is 11.8 Å². The fourth-order valence-electron chi connectivity index (χ4n) is 3.10. The number of hydrogen-bond acceptors (Lipinski definition) is 4. The van der Waals surface area contributed by atoms with Crippen molar-refractivity contribution < 1.29 is 19.5 Å². The zero-order valence-electron chi connectivity index (χ0n) is 15.7. The molecule has 2 atom stereocenters. The van der Waals surface area contributed by atoms with Gasteiger partial charge in [-0.3, -0.25) is 19.7 Å². The monoisotopic (exact) mass is 360 g/mol. The van der Waals surface area contributed by atoms with Gasteiger partial charge in [-0.25, -0.2) is 0 Å². The molecule has 3 N–H and O–H groups in total. The molecule has 2 unspecified atom stereocenters. The van der Waals surface area contributed by atoms with E-state index in [1.54, 1.807) is 12.1 Å². The summed E-state index contributed by atoms with van der Waals surface area (Å²) in [6, 6.07) is 4.35. The predicted octanol–water partition coefficient (Wildman–Crippen LogP) is 2.54. The van der Waals surface area contributed by atoms with Crippen molar-refractivity contribution in [3.05, 3.63) is 29.3 Å². The van der Waals surface area contributed by atoms with Gasteiger partial charge in [0.15, 0.2) is 0 Å². The quantitative estimate of drug-likeness (QED) is 0.651. The van der Waals surface area contributed by atoms with Gasteiger partial charge in [-0.2, -0.15) is 0 Å². The summed E-state index contributed by atoms with van der Waals surface area (Å²) >= 11 is 0. The van der Waals surface area contributed by atoms with Crippen molar-refractivity contribution in [1.29, 1.82) is 0 Å². The highest BCUT2D eigenvalue weighted by atomic mass is 16.3. The Kier molecular flexibility index (Phi) is 6.77. The molecule has 0 aliphatic carbocycles. The molecule has 26 heavy (non-hydrogen) atoms. The van der Waals surface area contributed by atoms with E-state index in [1.807, 2.05) is 6.07 Å². The van der Waals surface area contributed by atoms with E-state index in [2.05, 4.69) is 31.4 Å². The lowest BCUT2D eigenvalue weighted by Crippen LogP contribution is -2.52. The summed E-state index contributed by atoms with van der Waals surface area (Å²) in [6.07, 6.45) is 3.33. The molecule has 1 heterocycles. The van der Waals surface area contributed by atoms with E-state index >= 15 is 0 Å². The maximum atomic E-state index is 12.5. The normalized spacial score (nSPS) is 18.5. The van der Waals surface area contributed by atoms with Crippen LogP contribution in [0.15, 0.2) is 18.2 Å². The average molecular weight is 360 g/mol. The molecule has 6 heteroatoms. The summed E-state index contributed by atoms with van der Waals surface area (Å²) in [5, 5.41) is 15.3. The summed E-state index contributed by atoms with van der Waals surface area (Å²) in [7, 11) is 0. The third kappa shape index (κ3) is 5.31. The Labute approximate surface area is 154 Å². The Bertz CT molecular complexity index is 684. The van der Waals surface area contributed by atoms with Gasteiger partial charge in [-0.1, -0.05) is 45.7 Å². The number of carbonyl (C=O) groups is 3. The highest BCUT2D eigenvalue weighted by Gasteiger charge is 2.29. The molecule has 0 saturated carbocycles. The van der Waals surface area contributed by atoms with Crippen LogP contribution in [0.4, 0.5) is 0 Å². The summed E-state index contributed by atoms with van der Waals surface area (Å²) < 4.78 is 0. The molecule has 0 spiro atoms. The number of hydrogen-bond donors (Lipinski definition) is 3. The van der Waals surface area contributed by atoms with Crippen molar-refractivity contribution in [3.63, 3.8) is 0 Å². The molecule has 1 aliphatic rings. The number of aromatic hydroxyl groups is 1. The molecule has 1 aliphatic heterocycles. The molecule has 3 amide bonds. The summed E-state index contributed by atoms with van der Waals surface area (Å²) in [6.45, 7) is 6.51. The minimum absolute atomic E-state index is 0.0336. The largest absolute Gasteiger partial charge is 0.507 e. The lowest BCUT2D eigenvalue weighted by Gasteiger charge is -2.22. The minimum atomic E-state index is -0.756. The van der Waals surface area contributed by atoms with Crippen LogP contribution >= 0.6 is 0 Å². The van der Waals surface area contributed by atoms with E-state index in [0.717, 1.165) is 18.4 Å². The SMILES string of the molecule is CC(C)CCC(C)Cc1cccc(C(=O)NC2CCC(=O)NC2=O)c1O. The molecule has 2 rings (SSSR count).